The van der Waals surface area contributed by atoms with Crippen LogP contribution in [0.25, 0.3) is 0 Å². The molecule has 0 aliphatic heterocycles. The van der Waals surface area contributed by atoms with Gasteiger partial charge in [-0.25, -0.2) is 0 Å². The van der Waals surface area contributed by atoms with Gasteiger partial charge in [0, 0.05) is 16.1 Å². The minimum atomic E-state index is -0.129. The number of ether oxygens (including phenoxy) is 1. The molecule has 1 aromatic carbocycles. The lowest BCUT2D eigenvalue weighted by molar-refractivity contribution is 0.414. The molecule has 18 heavy (non-hydrogen) atoms. The molecule has 2 nitrogen and oxygen atoms in total. The minimum absolute atomic E-state index is 0.129. The smallest absolute Gasteiger partial charge is 0.118 e. The lowest BCUT2D eigenvalue weighted by Crippen LogP contribution is -2.20. The summed E-state index contributed by atoms with van der Waals surface area (Å²) in [6.07, 6.45) is 1.82. The van der Waals surface area contributed by atoms with Crippen LogP contribution in [-0.2, 0) is 5.41 Å². The van der Waals surface area contributed by atoms with Gasteiger partial charge in [0.15, 0.2) is 0 Å². The molecule has 0 saturated heterocycles. The highest BCUT2D eigenvalue weighted by Gasteiger charge is 2.24. The second-order valence-corrected chi connectivity index (χ2v) is 5.63. The summed E-state index contributed by atoms with van der Waals surface area (Å²) in [5.74, 6) is 0.872. The third kappa shape index (κ3) is 2.56. The number of pyridine rings is 1. The van der Waals surface area contributed by atoms with Crippen LogP contribution < -0.4 is 4.74 Å². The zero-order chi connectivity index (χ0) is 13.2. The number of halogens is 1. The molecular weight excluding hydrogens is 290 g/mol. The maximum absolute atomic E-state index is 5.18. The summed E-state index contributed by atoms with van der Waals surface area (Å²) in [6, 6.07) is 12.1. The molecule has 3 heteroatoms. The normalized spacial score (nSPS) is 11.3. The van der Waals surface area contributed by atoms with E-state index in [0.29, 0.717) is 0 Å². The molecule has 0 aliphatic carbocycles. The summed E-state index contributed by atoms with van der Waals surface area (Å²) >= 11 is 3.49. The van der Waals surface area contributed by atoms with Gasteiger partial charge in [-0.2, -0.15) is 0 Å². The van der Waals surface area contributed by atoms with E-state index in [1.807, 2.05) is 24.4 Å². The van der Waals surface area contributed by atoms with Crippen molar-refractivity contribution in [3.63, 3.8) is 0 Å². The predicted octanol–water partition coefficient (Wildman–Crippen LogP) is 4.18. The largest absolute Gasteiger partial charge is 0.497 e. The predicted molar refractivity (Wildman–Crippen MR) is 77.1 cm³/mol. The SMILES string of the molecule is COc1ccc(C(C)(C)c2cc(Br)ccn2)cc1. The van der Waals surface area contributed by atoms with Gasteiger partial charge in [0.05, 0.1) is 12.8 Å². The lowest BCUT2D eigenvalue weighted by atomic mass is 9.81. The topological polar surface area (TPSA) is 22.1 Å². The second-order valence-electron chi connectivity index (χ2n) is 4.71. The molecule has 1 heterocycles. The van der Waals surface area contributed by atoms with Gasteiger partial charge >= 0.3 is 0 Å². The van der Waals surface area contributed by atoms with Crippen molar-refractivity contribution in [3.8, 4) is 5.75 Å². The van der Waals surface area contributed by atoms with Gasteiger partial charge in [-0.1, -0.05) is 41.9 Å². The van der Waals surface area contributed by atoms with Crippen molar-refractivity contribution in [2.24, 2.45) is 0 Å². The first kappa shape index (κ1) is 13.1. The summed E-state index contributed by atoms with van der Waals surface area (Å²) in [7, 11) is 1.68. The van der Waals surface area contributed by atoms with E-state index >= 15 is 0 Å². The summed E-state index contributed by atoms with van der Waals surface area (Å²) in [5, 5.41) is 0. The highest BCUT2D eigenvalue weighted by molar-refractivity contribution is 9.10. The Morgan fingerprint density at radius 3 is 2.33 bits per heavy atom. The van der Waals surface area contributed by atoms with Crippen molar-refractivity contribution in [1.82, 2.24) is 4.98 Å². The molecule has 2 rings (SSSR count). The van der Waals surface area contributed by atoms with Gasteiger partial charge < -0.3 is 4.74 Å². The first-order valence-corrected chi connectivity index (χ1v) is 6.60. The number of benzene rings is 1. The van der Waals surface area contributed by atoms with E-state index in [0.717, 1.165) is 15.9 Å². The molecule has 0 amide bonds. The van der Waals surface area contributed by atoms with Gasteiger partial charge in [0.2, 0.25) is 0 Å². The summed E-state index contributed by atoms with van der Waals surface area (Å²) in [4.78, 5) is 4.47. The van der Waals surface area contributed by atoms with Crippen LogP contribution in [0.3, 0.4) is 0 Å². The summed E-state index contributed by atoms with van der Waals surface area (Å²) in [5.41, 5.74) is 2.13. The van der Waals surface area contributed by atoms with Crippen LogP contribution in [0.1, 0.15) is 25.1 Å². The van der Waals surface area contributed by atoms with E-state index in [4.69, 9.17) is 4.74 Å². The third-order valence-electron chi connectivity index (χ3n) is 3.17. The van der Waals surface area contributed by atoms with E-state index < -0.39 is 0 Å². The standard InChI is InChI=1S/C15H16BrNO/c1-15(2,14-10-12(16)8-9-17-14)11-4-6-13(18-3)7-5-11/h4-10H,1-3H3. The Hall–Kier alpha value is -1.35. The first-order chi connectivity index (χ1) is 8.54. The van der Waals surface area contributed by atoms with Crippen molar-refractivity contribution >= 4 is 15.9 Å². The molecule has 0 bridgehead atoms. The Bertz CT molecular complexity index is 534. The maximum atomic E-state index is 5.18. The number of aromatic nitrogens is 1. The Morgan fingerprint density at radius 1 is 1.11 bits per heavy atom. The number of hydrogen-bond acceptors (Lipinski definition) is 2. The van der Waals surface area contributed by atoms with Crippen molar-refractivity contribution in [2.75, 3.05) is 7.11 Å². The first-order valence-electron chi connectivity index (χ1n) is 5.80. The van der Waals surface area contributed by atoms with Gasteiger partial charge in [-0.05, 0) is 29.8 Å². The van der Waals surface area contributed by atoms with Crippen molar-refractivity contribution in [1.29, 1.82) is 0 Å². The maximum Gasteiger partial charge on any atom is 0.118 e. The molecule has 0 aliphatic rings. The Kier molecular flexibility index (Phi) is 3.71. The Morgan fingerprint density at radius 2 is 1.78 bits per heavy atom. The quantitative estimate of drug-likeness (QED) is 0.848. The second kappa shape index (κ2) is 5.11. The zero-order valence-electron chi connectivity index (χ0n) is 10.8. The zero-order valence-corrected chi connectivity index (χ0v) is 12.4. The minimum Gasteiger partial charge on any atom is -0.497 e. The number of methoxy groups -OCH3 is 1. The molecule has 0 atom stereocenters. The molecule has 1 aromatic heterocycles. The monoisotopic (exact) mass is 305 g/mol. The van der Waals surface area contributed by atoms with Crippen molar-refractivity contribution in [2.45, 2.75) is 19.3 Å². The number of rotatable bonds is 3. The molecule has 0 N–H and O–H groups in total. The molecule has 0 spiro atoms. The van der Waals surface area contributed by atoms with E-state index in [2.05, 4.69) is 53.0 Å². The lowest BCUT2D eigenvalue weighted by Gasteiger charge is -2.25. The molecule has 0 fully saturated rings. The summed E-state index contributed by atoms with van der Waals surface area (Å²) < 4.78 is 6.23. The average molecular weight is 306 g/mol. The molecule has 0 unspecified atom stereocenters. The highest BCUT2D eigenvalue weighted by atomic mass is 79.9. The van der Waals surface area contributed by atoms with Crippen LogP contribution in [0, 0.1) is 0 Å². The third-order valence-corrected chi connectivity index (χ3v) is 3.67. The van der Waals surface area contributed by atoms with E-state index in [1.54, 1.807) is 7.11 Å². The average Bonchev–Trinajstić information content (AvgIpc) is 2.39. The number of nitrogens with zero attached hydrogens (tertiary/aromatic N) is 1. The van der Waals surface area contributed by atoms with Crippen molar-refractivity contribution in [3.05, 3.63) is 58.3 Å². The molecule has 0 radical (unpaired) electrons. The highest BCUT2D eigenvalue weighted by Crippen LogP contribution is 2.32. The van der Waals surface area contributed by atoms with Crippen LogP contribution in [0.2, 0.25) is 0 Å². The van der Waals surface area contributed by atoms with Gasteiger partial charge in [-0.15, -0.1) is 0 Å². The van der Waals surface area contributed by atoms with Crippen LogP contribution in [-0.4, -0.2) is 12.1 Å². The van der Waals surface area contributed by atoms with Crippen molar-refractivity contribution < 1.29 is 4.74 Å². The van der Waals surface area contributed by atoms with Crippen LogP contribution in [0.4, 0.5) is 0 Å². The molecule has 2 aromatic rings. The molecular formula is C15H16BrNO. The fraction of sp³-hybridized carbons (Fsp3) is 0.267. The van der Waals surface area contributed by atoms with E-state index in [1.165, 1.54) is 5.56 Å². The molecule has 94 valence electrons. The Labute approximate surface area is 116 Å². The Balaban J connectivity index is 2.40. The van der Waals surface area contributed by atoms with Crippen LogP contribution in [0.15, 0.2) is 47.1 Å². The van der Waals surface area contributed by atoms with E-state index in [9.17, 15) is 0 Å². The van der Waals surface area contributed by atoms with Crippen LogP contribution in [0.5, 0.6) is 5.75 Å². The van der Waals surface area contributed by atoms with Gasteiger partial charge in [0.25, 0.3) is 0 Å². The molecule has 0 saturated carbocycles. The summed E-state index contributed by atoms with van der Waals surface area (Å²) in [6.45, 7) is 4.34. The van der Waals surface area contributed by atoms with Crippen LogP contribution >= 0.6 is 15.9 Å². The fourth-order valence-corrected chi connectivity index (χ4v) is 2.24. The fourth-order valence-electron chi connectivity index (χ4n) is 1.90. The van der Waals surface area contributed by atoms with Gasteiger partial charge in [0.1, 0.15) is 5.75 Å². The van der Waals surface area contributed by atoms with Gasteiger partial charge in [-0.3, -0.25) is 4.98 Å². The number of hydrogen-bond donors (Lipinski definition) is 0. The van der Waals surface area contributed by atoms with E-state index in [-0.39, 0.29) is 5.41 Å².